The van der Waals surface area contributed by atoms with Crippen molar-refractivity contribution >= 4 is 11.8 Å². The van der Waals surface area contributed by atoms with Crippen LogP contribution in [0.4, 0.5) is 5.82 Å². The van der Waals surface area contributed by atoms with E-state index in [1.807, 2.05) is 0 Å². The molecule has 32 heavy (non-hydrogen) atoms. The number of carboxylic acid groups (broad SMARTS) is 1. The third-order valence-corrected chi connectivity index (χ3v) is 7.47. The minimum absolute atomic E-state index is 0.179. The van der Waals surface area contributed by atoms with Crippen LogP contribution in [0.2, 0.25) is 0 Å². The van der Waals surface area contributed by atoms with Crippen LogP contribution in [0.3, 0.4) is 0 Å². The van der Waals surface area contributed by atoms with Crippen LogP contribution >= 0.6 is 0 Å². The molecule has 5 heteroatoms. The Morgan fingerprint density at radius 3 is 2.44 bits per heavy atom. The van der Waals surface area contributed by atoms with Crippen molar-refractivity contribution in [3.8, 4) is 11.3 Å². The summed E-state index contributed by atoms with van der Waals surface area (Å²) in [6.07, 6.45) is 4.63. The van der Waals surface area contributed by atoms with Crippen molar-refractivity contribution in [3.05, 3.63) is 47.5 Å². The van der Waals surface area contributed by atoms with Crippen molar-refractivity contribution in [2.75, 3.05) is 24.5 Å². The molecule has 2 N–H and O–H groups in total. The van der Waals surface area contributed by atoms with Crippen molar-refractivity contribution in [2.24, 2.45) is 0 Å². The molecule has 0 spiro atoms. The number of rotatable bonds is 6. The molecule has 0 saturated carbocycles. The van der Waals surface area contributed by atoms with Crippen molar-refractivity contribution in [3.63, 3.8) is 0 Å². The molecular formula is C27H37N3O2. The Hall–Kier alpha value is -2.40. The van der Waals surface area contributed by atoms with Gasteiger partial charge in [0.15, 0.2) is 0 Å². The monoisotopic (exact) mass is 435 g/mol. The third kappa shape index (κ3) is 4.83. The predicted molar refractivity (Wildman–Crippen MR) is 130 cm³/mol. The zero-order valence-electron chi connectivity index (χ0n) is 19.9. The van der Waals surface area contributed by atoms with E-state index in [4.69, 9.17) is 10.1 Å². The van der Waals surface area contributed by atoms with Gasteiger partial charge in [-0.1, -0.05) is 45.9 Å². The summed E-state index contributed by atoms with van der Waals surface area (Å²) < 4.78 is 0. The van der Waals surface area contributed by atoms with Crippen LogP contribution in [0.5, 0.6) is 0 Å². The van der Waals surface area contributed by atoms with Crippen LogP contribution in [-0.2, 0) is 15.6 Å². The van der Waals surface area contributed by atoms with E-state index >= 15 is 0 Å². The minimum Gasteiger partial charge on any atom is -0.481 e. The Kier molecular flexibility index (Phi) is 6.30. The van der Waals surface area contributed by atoms with Gasteiger partial charge in [0.05, 0.1) is 12.1 Å². The molecule has 0 unspecified atom stereocenters. The number of nitrogens with zero attached hydrogens (tertiary/aromatic N) is 2. The second kappa shape index (κ2) is 8.86. The van der Waals surface area contributed by atoms with E-state index < -0.39 is 5.97 Å². The zero-order chi connectivity index (χ0) is 22.9. The first-order valence-electron chi connectivity index (χ1n) is 12.0. The van der Waals surface area contributed by atoms with Crippen molar-refractivity contribution in [1.29, 1.82) is 0 Å². The SMILES string of the molecule is CC1(C)CCC(C)(C)c2cc(-c3cccc(N4CCC(NCCC(=O)O)CC4)n3)ccc21. The highest BCUT2D eigenvalue weighted by Gasteiger charge is 2.37. The topological polar surface area (TPSA) is 65.5 Å². The molecule has 1 aliphatic heterocycles. The first kappa shape index (κ1) is 22.8. The second-order valence-electron chi connectivity index (χ2n) is 10.8. The highest BCUT2D eigenvalue weighted by Crippen LogP contribution is 2.46. The zero-order valence-corrected chi connectivity index (χ0v) is 19.9. The molecule has 4 rings (SSSR count). The number of piperidine rings is 1. The molecule has 2 aliphatic rings. The first-order valence-corrected chi connectivity index (χ1v) is 12.0. The summed E-state index contributed by atoms with van der Waals surface area (Å²) in [7, 11) is 0. The molecule has 172 valence electrons. The van der Waals surface area contributed by atoms with Gasteiger partial charge in [-0.25, -0.2) is 4.98 Å². The van der Waals surface area contributed by atoms with Crippen molar-refractivity contribution in [1.82, 2.24) is 10.3 Å². The maximum atomic E-state index is 10.7. The van der Waals surface area contributed by atoms with Gasteiger partial charge in [0, 0.05) is 31.2 Å². The Morgan fingerprint density at radius 1 is 1.06 bits per heavy atom. The van der Waals surface area contributed by atoms with Crippen LogP contribution < -0.4 is 10.2 Å². The van der Waals surface area contributed by atoms with E-state index in [0.717, 1.165) is 37.4 Å². The van der Waals surface area contributed by atoms with Gasteiger partial charge < -0.3 is 15.3 Å². The normalized spacial score (nSPS) is 20.1. The summed E-state index contributed by atoms with van der Waals surface area (Å²) in [5.74, 6) is 0.286. The Bertz CT molecular complexity index is 975. The molecule has 0 atom stereocenters. The maximum Gasteiger partial charge on any atom is 0.304 e. The number of pyridine rings is 1. The number of anilines is 1. The fourth-order valence-corrected chi connectivity index (χ4v) is 5.20. The summed E-state index contributed by atoms with van der Waals surface area (Å²) in [6, 6.07) is 13.7. The third-order valence-electron chi connectivity index (χ3n) is 7.47. The smallest absolute Gasteiger partial charge is 0.304 e. The van der Waals surface area contributed by atoms with Gasteiger partial charge in [-0.05, 0) is 65.8 Å². The van der Waals surface area contributed by atoms with Crippen LogP contribution in [0.1, 0.15) is 70.9 Å². The van der Waals surface area contributed by atoms with Crippen LogP contribution in [0.25, 0.3) is 11.3 Å². The summed E-state index contributed by atoms with van der Waals surface area (Å²) in [4.78, 5) is 18.1. The average molecular weight is 436 g/mol. The molecule has 0 bridgehead atoms. The maximum absolute atomic E-state index is 10.7. The highest BCUT2D eigenvalue weighted by atomic mass is 16.4. The van der Waals surface area contributed by atoms with E-state index in [2.05, 4.69) is 74.3 Å². The number of benzene rings is 1. The van der Waals surface area contributed by atoms with E-state index in [1.165, 1.54) is 29.5 Å². The number of hydrogen-bond donors (Lipinski definition) is 2. The standard InChI is InChI=1S/C27H37N3O2/c1-26(2)13-14-27(3,4)22-18-19(8-9-21(22)26)23-6-5-7-24(29-23)30-16-11-20(12-17-30)28-15-10-25(31)32/h5-9,18,20,28H,10-17H2,1-4H3,(H,31,32). The molecule has 5 nitrogen and oxygen atoms in total. The van der Waals surface area contributed by atoms with E-state index in [-0.39, 0.29) is 17.3 Å². The van der Waals surface area contributed by atoms with E-state index in [9.17, 15) is 4.79 Å². The molecule has 1 saturated heterocycles. The molecule has 0 radical (unpaired) electrons. The van der Waals surface area contributed by atoms with Crippen molar-refractivity contribution in [2.45, 2.75) is 76.7 Å². The van der Waals surface area contributed by atoms with Crippen LogP contribution in [0.15, 0.2) is 36.4 Å². The highest BCUT2D eigenvalue weighted by molar-refractivity contribution is 5.67. The lowest BCUT2D eigenvalue weighted by Gasteiger charge is -2.42. The molecule has 2 aromatic rings. The summed E-state index contributed by atoms with van der Waals surface area (Å²) >= 11 is 0. The van der Waals surface area contributed by atoms with Gasteiger partial charge in [-0.2, -0.15) is 0 Å². The molecule has 0 amide bonds. The van der Waals surface area contributed by atoms with Gasteiger partial charge in [0.1, 0.15) is 5.82 Å². The van der Waals surface area contributed by atoms with Gasteiger partial charge in [0.25, 0.3) is 0 Å². The molecule has 1 aromatic carbocycles. The number of aliphatic carboxylic acids is 1. The lowest BCUT2D eigenvalue weighted by molar-refractivity contribution is -0.136. The minimum atomic E-state index is -0.745. The Morgan fingerprint density at radius 2 is 1.75 bits per heavy atom. The molecule has 1 fully saturated rings. The first-order chi connectivity index (χ1) is 15.2. The summed E-state index contributed by atoms with van der Waals surface area (Å²) in [6.45, 7) is 11.9. The van der Waals surface area contributed by atoms with E-state index in [0.29, 0.717) is 12.6 Å². The van der Waals surface area contributed by atoms with Gasteiger partial charge in [0.2, 0.25) is 0 Å². The Balaban J connectivity index is 1.49. The van der Waals surface area contributed by atoms with Gasteiger partial charge in [-0.3, -0.25) is 4.79 Å². The molecule has 1 aliphatic carbocycles. The number of nitrogens with one attached hydrogen (secondary N) is 1. The van der Waals surface area contributed by atoms with E-state index in [1.54, 1.807) is 0 Å². The molecule has 1 aromatic heterocycles. The number of fused-ring (bicyclic) bond motifs is 1. The van der Waals surface area contributed by atoms with Crippen LogP contribution in [-0.4, -0.2) is 41.7 Å². The van der Waals surface area contributed by atoms with Crippen molar-refractivity contribution < 1.29 is 9.90 Å². The molecule has 2 heterocycles. The lowest BCUT2D eigenvalue weighted by atomic mass is 9.63. The second-order valence-corrected chi connectivity index (χ2v) is 10.8. The van der Waals surface area contributed by atoms with Gasteiger partial charge >= 0.3 is 5.97 Å². The number of carboxylic acids is 1. The summed E-state index contributed by atoms with van der Waals surface area (Å²) in [5.41, 5.74) is 5.58. The lowest BCUT2D eigenvalue weighted by Crippen LogP contribution is -2.43. The van der Waals surface area contributed by atoms with Gasteiger partial charge in [-0.15, -0.1) is 0 Å². The number of aromatic nitrogens is 1. The number of hydrogen-bond acceptors (Lipinski definition) is 4. The predicted octanol–water partition coefficient (Wildman–Crippen LogP) is 5.13. The van der Waals surface area contributed by atoms with Crippen LogP contribution in [0, 0.1) is 0 Å². The quantitative estimate of drug-likeness (QED) is 0.658. The fraction of sp³-hybridized carbons (Fsp3) is 0.556. The molecular weight excluding hydrogens is 398 g/mol. The average Bonchev–Trinajstić information content (AvgIpc) is 2.77. The largest absolute Gasteiger partial charge is 0.481 e. The Labute approximate surface area is 192 Å². The fourth-order valence-electron chi connectivity index (χ4n) is 5.20. The number of carbonyl (C=O) groups is 1. The summed E-state index contributed by atoms with van der Waals surface area (Å²) in [5, 5.41) is 12.2.